The molecule has 3 saturated heterocycles. The first-order valence-corrected chi connectivity index (χ1v) is 8.30. The summed E-state index contributed by atoms with van der Waals surface area (Å²) in [6, 6.07) is 3.54. The summed E-state index contributed by atoms with van der Waals surface area (Å²) in [5.74, 6) is 0.523. The highest BCUT2D eigenvalue weighted by atomic mass is 32.2. The Bertz CT molecular complexity index is 476. The fraction of sp³-hybridized carbons (Fsp3) is 0.636. The van der Waals surface area contributed by atoms with Crippen LogP contribution in [0.5, 0.6) is 0 Å². The number of hydrogen-bond donors (Lipinski definition) is 1. The van der Waals surface area contributed by atoms with Crippen molar-refractivity contribution in [3.05, 3.63) is 17.5 Å². The van der Waals surface area contributed by atoms with Crippen LogP contribution in [-0.4, -0.2) is 39.0 Å². The third-order valence-electron chi connectivity index (χ3n) is 3.72. The monoisotopic (exact) mass is 272 g/mol. The molecule has 3 aliphatic heterocycles. The van der Waals surface area contributed by atoms with Crippen molar-refractivity contribution >= 4 is 21.4 Å². The van der Waals surface area contributed by atoms with E-state index in [1.807, 2.05) is 0 Å². The average Bonchev–Trinajstić information content (AvgIpc) is 2.84. The van der Waals surface area contributed by atoms with Gasteiger partial charge in [-0.1, -0.05) is 6.07 Å². The Balaban J connectivity index is 1.75. The second kappa shape index (κ2) is 4.35. The van der Waals surface area contributed by atoms with Crippen molar-refractivity contribution in [2.24, 2.45) is 5.92 Å². The fourth-order valence-corrected chi connectivity index (χ4v) is 5.08. The number of piperidine rings is 3. The van der Waals surface area contributed by atoms with Gasteiger partial charge in [-0.05, 0) is 43.3 Å². The van der Waals surface area contributed by atoms with E-state index in [0.717, 1.165) is 32.5 Å². The van der Waals surface area contributed by atoms with Crippen LogP contribution in [0.4, 0.5) is 0 Å². The molecule has 3 fully saturated rings. The number of nitrogens with zero attached hydrogens (tertiary/aromatic N) is 1. The molecule has 6 heteroatoms. The summed E-state index contributed by atoms with van der Waals surface area (Å²) in [6.07, 6.45) is 2.25. The molecular weight excluding hydrogens is 256 g/mol. The molecule has 4 rings (SSSR count). The largest absolute Gasteiger partial charge is 0.302 e. The van der Waals surface area contributed by atoms with E-state index in [0.29, 0.717) is 10.1 Å². The van der Waals surface area contributed by atoms with E-state index in [2.05, 4.69) is 9.62 Å². The molecule has 0 radical (unpaired) electrons. The number of rotatable bonds is 3. The molecule has 1 aromatic rings. The lowest BCUT2D eigenvalue weighted by Crippen LogP contribution is -2.57. The zero-order valence-corrected chi connectivity index (χ0v) is 11.1. The van der Waals surface area contributed by atoms with E-state index in [1.165, 1.54) is 11.3 Å². The van der Waals surface area contributed by atoms with Gasteiger partial charge in [-0.25, -0.2) is 13.1 Å². The van der Waals surface area contributed by atoms with Gasteiger partial charge in [-0.15, -0.1) is 11.3 Å². The third-order valence-corrected chi connectivity index (χ3v) is 6.61. The fourth-order valence-electron chi connectivity index (χ4n) is 2.77. The summed E-state index contributed by atoms with van der Waals surface area (Å²) in [7, 11) is -3.30. The lowest BCUT2D eigenvalue weighted by atomic mass is 9.85. The zero-order valence-electron chi connectivity index (χ0n) is 9.50. The maximum absolute atomic E-state index is 12.1. The first-order chi connectivity index (χ1) is 8.15. The number of nitrogens with one attached hydrogen (secondary N) is 1. The highest BCUT2D eigenvalue weighted by Crippen LogP contribution is 2.29. The molecule has 2 bridgehead atoms. The molecule has 17 heavy (non-hydrogen) atoms. The molecule has 0 aliphatic carbocycles. The van der Waals surface area contributed by atoms with Crippen LogP contribution in [0.3, 0.4) is 0 Å². The molecule has 94 valence electrons. The molecule has 0 unspecified atom stereocenters. The van der Waals surface area contributed by atoms with Gasteiger partial charge in [0.05, 0.1) is 0 Å². The second-order valence-electron chi connectivity index (χ2n) is 4.80. The standard InChI is InChI=1S/C11H16N2O2S2/c14-17(15,11-2-1-7-16-11)12-10-8-13-5-3-9(10)4-6-13/h1-2,7,9-10,12H,3-6,8H2/t10-/m0/s1. The average molecular weight is 272 g/mol. The smallest absolute Gasteiger partial charge is 0.250 e. The molecule has 1 aromatic heterocycles. The predicted octanol–water partition coefficient (Wildman–Crippen LogP) is 1.12. The minimum atomic E-state index is -3.30. The molecule has 4 nitrogen and oxygen atoms in total. The third kappa shape index (κ3) is 2.27. The summed E-state index contributed by atoms with van der Waals surface area (Å²) in [5, 5.41) is 1.80. The van der Waals surface area contributed by atoms with Gasteiger partial charge in [-0.3, -0.25) is 0 Å². The Morgan fingerprint density at radius 3 is 2.65 bits per heavy atom. The lowest BCUT2D eigenvalue weighted by Gasteiger charge is -2.44. The molecule has 4 heterocycles. The van der Waals surface area contributed by atoms with Gasteiger partial charge in [0.15, 0.2) is 0 Å². The van der Waals surface area contributed by atoms with Gasteiger partial charge >= 0.3 is 0 Å². The van der Waals surface area contributed by atoms with Crippen LogP contribution in [0.1, 0.15) is 12.8 Å². The van der Waals surface area contributed by atoms with Crippen LogP contribution in [0.25, 0.3) is 0 Å². The Morgan fingerprint density at radius 1 is 1.35 bits per heavy atom. The van der Waals surface area contributed by atoms with Crippen molar-refractivity contribution in [3.8, 4) is 0 Å². The number of thiophene rings is 1. The van der Waals surface area contributed by atoms with E-state index >= 15 is 0 Å². The van der Waals surface area contributed by atoms with E-state index in [-0.39, 0.29) is 6.04 Å². The van der Waals surface area contributed by atoms with E-state index < -0.39 is 10.0 Å². The Morgan fingerprint density at radius 2 is 2.12 bits per heavy atom. The van der Waals surface area contributed by atoms with Crippen LogP contribution in [-0.2, 0) is 10.0 Å². The van der Waals surface area contributed by atoms with Crippen LogP contribution in [0, 0.1) is 5.92 Å². The number of hydrogen-bond acceptors (Lipinski definition) is 4. The van der Waals surface area contributed by atoms with Crippen LogP contribution < -0.4 is 4.72 Å². The number of sulfonamides is 1. The van der Waals surface area contributed by atoms with Crippen molar-refractivity contribution in [2.75, 3.05) is 19.6 Å². The summed E-state index contributed by atoms with van der Waals surface area (Å²) >= 11 is 1.27. The van der Waals surface area contributed by atoms with Gasteiger partial charge in [0.2, 0.25) is 10.0 Å². The minimum absolute atomic E-state index is 0.101. The minimum Gasteiger partial charge on any atom is -0.302 e. The topological polar surface area (TPSA) is 49.4 Å². The van der Waals surface area contributed by atoms with E-state index in [9.17, 15) is 8.42 Å². The molecular formula is C11H16N2O2S2. The number of fused-ring (bicyclic) bond motifs is 3. The van der Waals surface area contributed by atoms with E-state index in [1.54, 1.807) is 17.5 Å². The van der Waals surface area contributed by atoms with Gasteiger partial charge < -0.3 is 4.90 Å². The maximum Gasteiger partial charge on any atom is 0.250 e. The van der Waals surface area contributed by atoms with Crippen molar-refractivity contribution in [2.45, 2.75) is 23.1 Å². The molecule has 0 spiro atoms. The van der Waals surface area contributed by atoms with Gasteiger partial charge in [0.1, 0.15) is 4.21 Å². The quantitative estimate of drug-likeness (QED) is 0.897. The molecule has 1 atom stereocenters. The first kappa shape index (κ1) is 11.6. The Hall–Kier alpha value is -0.430. The van der Waals surface area contributed by atoms with Crippen molar-refractivity contribution in [1.29, 1.82) is 0 Å². The normalized spacial score (nSPS) is 32.8. The summed E-state index contributed by atoms with van der Waals surface area (Å²) in [4.78, 5) is 2.35. The molecule has 0 amide bonds. The first-order valence-electron chi connectivity index (χ1n) is 5.93. The Kier molecular flexibility index (Phi) is 2.98. The highest BCUT2D eigenvalue weighted by Gasteiger charge is 2.36. The van der Waals surface area contributed by atoms with Gasteiger partial charge in [0.25, 0.3) is 0 Å². The predicted molar refractivity (Wildman–Crippen MR) is 67.6 cm³/mol. The zero-order chi connectivity index (χ0) is 11.9. The lowest BCUT2D eigenvalue weighted by molar-refractivity contribution is 0.0827. The Labute approximate surface area is 106 Å². The summed E-state index contributed by atoms with van der Waals surface area (Å²) < 4.78 is 27.5. The summed E-state index contributed by atoms with van der Waals surface area (Å²) in [5.41, 5.74) is 0. The van der Waals surface area contributed by atoms with Crippen LogP contribution >= 0.6 is 11.3 Å². The van der Waals surface area contributed by atoms with Crippen molar-refractivity contribution in [1.82, 2.24) is 9.62 Å². The second-order valence-corrected chi connectivity index (χ2v) is 7.69. The van der Waals surface area contributed by atoms with Crippen LogP contribution in [0.15, 0.2) is 21.7 Å². The van der Waals surface area contributed by atoms with Crippen LogP contribution in [0.2, 0.25) is 0 Å². The highest BCUT2D eigenvalue weighted by molar-refractivity contribution is 7.91. The molecule has 0 aromatic carbocycles. The summed E-state index contributed by atoms with van der Waals surface area (Å²) in [6.45, 7) is 3.12. The van der Waals surface area contributed by atoms with E-state index in [4.69, 9.17) is 0 Å². The van der Waals surface area contributed by atoms with Gasteiger partial charge in [0, 0.05) is 12.6 Å². The van der Waals surface area contributed by atoms with Crippen molar-refractivity contribution in [3.63, 3.8) is 0 Å². The molecule has 1 N–H and O–H groups in total. The van der Waals surface area contributed by atoms with Gasteiger partial charge in [-0.2, -0.15) is 0 Å². The maximum atomic E-state index is 12.1. The SMILES string of the molecule is O=S(=O)(N[C@H]1CN2CCC1CC2)c1cccs1. The molecule has 3 aliphatic rings. The van der Waals surface area contributed by atoms with Crippen molar-refractivity contribution < 1.29 is 8.42 Å². The molecule has 0 saturated carbocycles.